The predicted octanol–water partition coefficient (Wildman–Crippen LogP) is 3.25. The minimum Gasteiger partial charge on any atom is -0.455 e. The molecule has 3 aromatic rings. The summed E-state index contributed by atoms with van der Waals surface area (Å²) in [6, 6.07) is 11.4. The van der Waals surface area contributed by atoms with Gasteiger partial charge in [0.05, 0.1) is 5.02 Å². The summed E-state index contributed by atoms with van der Waals surface area (Å²) in [7, 11) is 0. The number of carbonyl (C=O) groups is 1. The van der Waals surface area contributed by atoms with Crippen LogP contribution in [0.15, 0.2) is 55.1 Å². The summed E-state index contributed by atoms with van der Waals surface area (Å²) in [5.41, 5.74) is -1.19. The van der Waals surface area contributed by atoms with Gasteiger partial charge in [-0.05, 0) is 24.3 Å². The van der Waals surface area contributed by atoms with Crippen LogP contribution in [0.3, 0.4) is 0 Å². The topological polar surface area (TPSA) is 77.2 Å². The Morgan fingerprint density at radius 2 is 2.04 bits per heavy atom. The first kappa shape index (κ1) is 16.1. The molecule has 1 aliphatic heterocycles. The SMILES string of the molecule is O=C(c1ccc(Cl)cc1Cl)[C@]1(n2cncn2)Oc2ccccc2[C@@H]1O. The molecule has 0 saturated heterocycles. The molecule has 0 fully saturated rings. The van der Waals surface area contributed by atoms with Crippen LogP contribution in [0.5, 0.6) is 5.75 Å². The molecule has 1 aromatic heterocycles. The van der Waals surface area contributed by atoms with Gasteiger partial charge in [0, 0.05) is 16.1 Å². The van der Waals surface area contributed by atoms with Crippen LogP contribution >= 0.6 is 23.2 Å². The highest BCUT2D eigenvalue weighted by Gasteiger charge is 2.57. The number of halogens is 2. The van der Waals surface area contributed by atoms with E-state index in [0.29, 0.717) is 16.3 Å². The first-order valence-electron chi connectivity index (χ1n) is 7.35. The lowest BCUT2D eigenvalue weighted by molar-refractivity contribution is -0.0685. The zero-order valence-corrected chi connectivity index (χ0v) is 14.1. The number of aliphatic hydroxyl groups excluding tert-OH is 1. The molecule has 0 aliphatic carbocycles. The van der Waals surface area contributed by atoms with Crippen LogP contribution in [0.4, 0.5) is 0 Å². The van der Waals surface area contributed by atoms with E-state index >= 15 is 0 Å². The van der Waals surface area contributed by atoms with E-state index in [1.165, 1.54) is 29.5 Å². The minimum absolute atomic E-state index is 0.156. The normalized spacial score (nSPS) is 21.6. The smallest absolute Gasteiger partial charge is 0.296 e. The van der Waals surface area contributed by atoms with E-state index in [-0.39, 0.29) is 10.6 Å². The van der Waals surface area contributed by atoms with Crippen LogP contribution in [0, 0.1) is 0 Å². The van der Waals surface area contributed by atoms with Crippen molar-refractivity contribution in [3.05, 3.63) is 76.3 Å². The molecule has 8 heteroatoms. The lowest BCUT2D eigenvalue weighted by Gasteiger charge is -2.30. The van der Waals surface area contributed by atoms with Crippen LogP contribution in [0.1, 0.15) is 22.0 Å². The molecule has 2 aromatic carbocycles. The van der Waals surface area contributed by atoms with Gasteiger partial charge in [0.25, 0.3) is 5.72 Å². The van der Waals surface area contributed by atoms with Crippen LogP contribution < -0.4 is 4.74 Å². The number of fused-ring (bicyclic) bond motifs is 1. The molecule has 6 nitrogen and oxygen atoms in total. The monoisotopic (exact) mass is 375 g/mol. The molecular formula is C17H11Cl2N3O3. The maximum atomic E-state index is 13.4. The summed E-state index contributed by atoms with van der Waals surface area (Å²) < 4.78 is 7.12. The third-order valence-corrected chi connectivity index (χ3v) is 4.66. The van der Waals surface area contributed by atoms with E-state index in [1.54, 1.807) is 30.3 Å². The van der Waals surface area contributed by atoms with Crippen molar-refractivity contribution in [2.45, 2.75) is 11.8 Å². The molecule has 0 radical (unpaired) electrons. The Bertz CT molecular complexity index is 962. The fraction of sp³-hybridized carbons (Fsp3) is 0.118. The van der Waals surface area contributed by atoms with Gasteiger partial charge in [0.15, 0.2) is 6.10 Å². The molecule has 0 bridgehead atoms. The summed E-state index contributed by atoms with van der Waals surface area (Å²) in [6.07, 6.45) is 1.29. The fourth-order valence-electron chi connectivity index (χ4n) is 2.93. The summed E-state index contributed by atoms with van der Waals surface area (Å²) >= 11 is 12.1. The van der Waals surface area contributed by atoms with Crippen molar-refractivity contribution in [1.29, 1.82) is 0 Å². The van der Waals surface area contributed by atoms with Crippen LogP contribution in [-0.2, 0) is 5.72 Å². The Balaban J connectivity index is 1.91. The van der Waals surface area contributed by atoms with Crippen molar-refractivity contribution >= 4 is 29.0 Å². The van der Waals surface area contributed by atoms with Gasteiger partial charge >= 0.3 is 0 Å². The molecule has 0 saturated carbocycles. The second-order valence-corrected chi connectivity index (χ2v) is 6.38. The Morgan fingerprint density at radius 1 is 1.24 bits per heavy atom. The van der Waals surface area contributed by atoms with Crippen LogP contribution in [0.2, 0.25) is 10.0 Å². The van der Waals surface area contributed by atoms with E-state index in [2.05, 4.69) is 10.1 Å². The quantitative estimate of drug-likeness (QED) is 0.711. The molecule has 0 spiro atoms. The summed E-state index contributed by atoms with van der Waals surface area (Å²) in [6.45, 7) is 0. The third kappa shape index (κ3) is 2.33. The zero-order valence-electron chi connectivity index (χ0n) is 12.6. The number of carbonyl (C=O) groups excluding carboxylic acids is 1. The Morgan fingerprint density at radius 3 is 2.72 bits per heavy atom. The molecule has 25 heavy (non-hydrogen) atoms. The minimum atomic E-state index is -1.84. The number of hydrogen-bond donors (Lipinski definition) is 1. The zero-order chi connectivity index (χ0) is 17.6. The molecule has 2 heterocycles. The summed E-state index contributed by atoms with van der Waals surface area (Å²) in [4.78, 5) is 17.3. The maximum Gasteiger partial charge on any atom is 0.296 e. The number of para-hydroxylation sites is 1. The number of aliphatic hydroxyl groups is 1. The Hall–Kier alpha value is -2.41. The van der Waals surface area contributed by atoms with Gasteiger partial charge < -0.3 is 9.84 Å². The van der Waals surface area contributed by atoms with E-state index in [1.807, 2.05) is 0 Å². The molecular weight excluding hydrogens is 365 g/mol. The van der Waals surface area contributed by atoms with Gasteiger partial charge in [-0.1, -0.05) is 41.4 Å². The van der Waals surface area contributed by atoms with Crippen molar-refractivity contribution in [3.8, 4) is 5.75 Å². The van der Waals surface area contributed by atoms with E-state index in [9.17, 15) is 9.90 Å². The molecule has 4 rings (SSSR count). The van der Waals surface area contributed by atoms with Crippen molar-refractivity contribution < 1.29 is 14.6 Å². The lowest BCUT2D eigenvalue weighted by Crippen LogP contribution is -2.49. The van der Waals surface area contributed by atoms with Gasteiger partial charge in [-0.15, -0.1) is 0 Å². The van der Waals surface area contributed by atoms with Gasteiger partial charge in [-0.3, -0.25) is 4.79 Å². The van der Waals surface area contributed by atoms with Gasteiger partial charge in [0.2, 0.25) is 5.78 Å². The first-order chi connectivity index (χ1) is 12.0. The standard InChI is InChI=1S/C17H11Cl2N3O3/c18-10-5-6-11(13(19)7-10)15(23)17(22-9-20-8-21-22)16(24)12-3-1-2-4-14(12)25-17/h1-9,16,24H/t16-,17-/m0/s1. The number of benzene rings is 2. The second kappa shape index (κ2) is 5.84. The molecule has 2 atom stereocenters. The average molecular weight is 376 g/mol. The number of aromatic nitrogens is 3. The Labute approximate surface area is 152 Å². The lowest BCUT2D eigenvalue weighted by atomic mass is 9.93. The highest BCUT2D eigenvalue weighted by molar-refractivity contribution is 6.37. The largest absolute Gasteiger partial charge is 0.455 e. The van der Waals surface area contributed by atoms with Gasteiger partial charge in [0.1, 0.15) is 18.4 Å². The third-order valence-electron chi connectivity index (χ3n) is 4.11. The molecule has 0 amide bonds. The number of rotatable bonds is 3. The van der Waals surface area contributed by atoms with E-state index in [4.69, 9.17) is 27.9 Å². The van der Waals surface area contributed by atoms with Crippen LogP contribution in [-0.4, -0.2) is 25.7 Å². The van der Waals surface area contributed by atoms with Crippen molar-refractivity contribution in [1.82, 2.24) is 14.8 Å². The number of hydrogen-bond acceptors (Lipinski definition) is 5. The average Bonchev–Trinajstić information content (AvgIpc) is 3.22. The molecule has 1 N–H and O–H groups in total. The van der Waals surface area contributed by atoms with Crippen LogP contribution in [0.25, 0.3) is 0 Å². The van der Waals surface area contributed by atoms with Crippen molar-refractivity contribution in [3.63, 3.8) is 0 Å². The fourth-order valence-corrected chi connectivity index (χ4v) is 3.42. The maximum absolute atomic E-state index is 13.4. The number of nitrogens with zero attached hydrogens (tertiary/aromatic N) is 3. The molecule has 1 aliphatic rings. The number of ether oxygens (including phenoxy) is 1. The summed E-state index contributed by atoms with van der Waals surface area (Å²) in [5.74, 6) is -0.160. The summed E-state index contributed by atoms with van der Waals surface area (Å²) in [5, 5.41) is 15.5. The predicted molar refractivity (Wildman–Crippen MR) is 90.8 cm³/mol. The van der Waals surface area contributed by atoms with Crippen molar-refractivity contribution in [2.24, 2.45) is 0 Å². The first-order valence-corrected chi connectivity index (χ1v) is 8.10. The number of ketones is 1. The van der Waals surface area contributed by atoms with Crippen molar-refractivity contribution in [2.75, 3.05) is 0 Å². The van der Waals surface area contributed by atoms with Gasteiger partial charge in [-0.25, -0.2) is 9.67 Å². The van der Waals surface area contributed by atoms with E-state index < -0.39 is 17.6 Å². The number of Topliss-reactive ketones (excluding diaryl/α,β-unsaturated/α-hetero) is 1. The highest BCUT2D eigenvalue weighted by Crippen LogP contribution is 2.47. The molecule has 126 valence electrons. The van der Waals surface area contributed by atoms with E-state index in [0.717, 1.165) is 0 Å². The highest BCUT2D eigenvalue weighted by atomic mass is 35.5. The van der Waals surface area contributed by atoms with Gasteiger partial charge in [-0.2, -0.15) is 5.10 Å². The Kier molecular flexibility index (Phi) is 3.76. The molecule has 0 unspecified atom stereocenters. The second-order valence-electron chi connectivity index (χ2n) is 5.53.